The van der Waals surface area contributed by atoms with Crippen LogP contribution in [0.4, 0.5) is 0 Å². The average molecular weight is 297 g/mol. The van der Waals surface area contributed by atoms with Gasteiger partial charge < -0.3 is 10.4 Å². The Balaban J connectivity index is 2.36. The van der Waals surface area contributed by atoms with Crippen LogP contribution in [0.5, 0.6) is 0 Å². The summed E-state index contributed by atoms with van der Waals surface area (Å²) in [5, 5.41) is 14.0. The number of rotatable bonds is 4. The van der Waals surface area contributed by atoms with Gasteiger partial charge >= 0.3 is 0 Å². The first kappa shape index (κ1) is 15.8. The Hall–Kier alpha value is -0.610. The van der Waals surface area contributed by atoms with Crippen molar-refractivity contribution in [3.63, 3.8) is 0 Å². The second-order valence-corrected chi connectivity index (χ2v) is 6.75. The highest BCUT2D eigenvalue weighted by Crippen LogP contribution is 2.39. The smallest absolute Gasteiger partial charge is 0.0500 e. The Kier molecular flexibility index (Phi) is 5.08. The average Bonchev–Trinajstić information content (AvgIpc) is 2.44. The molecule has 1 atom stereocenters. The van der Waals surface area contributed by atoms with E-state index in [1.165, 1.54) is 5.56 Å². The molecule has 0 spiro atoms. The summed E-state index contributed by atoms with van der Waals surface area (Å²) in [6, 6.07) is 6.46. The summed E-state index contributed by atoms with van der Waals surface area (Å²) in [5.74, 6) is 0. The number of piperazine rings is 1. The molecule has 1 fully saturated rings. The summed E-state index contributed by atoms with van der Waals surface area (Å²) in [6.07, 6.45) is 0. The zero-order valence-corrected chi connectivity index (χ0v) is 13.4. The monoisotopic (exact) mass is 296 g/mol. The third-order valence-electron chi connectivity index (χ3n) is 4.18. The Morgan fingerprint density at radius 1 is 1.35 bits per heavy atom. The minimum absolute atomic E-state index is 0.160. The third kappa shape index (κ3) is 3.34. The Morgan fingerprint density at radius 2 is 2.00 bits per heavy atom. The highest BCUT2D eigenvalue weighted by atomic mass is 35.5. The molecule has 0 saturated carbocycles. The van der Waals surface area contributed by atoms with Crippen molar-refractivity contribution in [2.45, 2.75) is 26.8 Å². The number of aryl methyl sites for hydroxylation is 1. The van der Waals surface area contributed by atoms with Gasteiger partial charge in [-0.2, -0.15) is 0 Å². The number of aliphatic hydroxyl groups excluding tert-OH is 1. The van der Waals surface area contributed by atoms with Gasteiger partial charge in [0.25, 0.3) is 0 Å². The molecule has 2 rings (SSSR count). The maximum atomic E-state index is 9.81. The van der Waals surface area contributed by atoms with Gasteiger partial charge in [-0.25, -0.2) is 0 Å². The minimum Gasteiger partial charge on any atom is -0.396 e. The van der Waals surface area contributed by atoms with Crippen molar-refractivity contribution in [3.05, 3.63) is 34.3 Å². The molecule has 0 bridgehead atoms. The number of benzene rings is 1. The van der Waals surface area contributed by atoms with Gasteiger partial charge in [-0.15, -0.1) is 0 Å². The topological polar surface area (TPSA) is 35.5 Å². The fraction of sp³-hybridized carbons (Fsp3) is 0.625. The van der Waals surface area contributed by atoms with E-state index in [2.05, 4.69) is 42.3 Å². The number of hydrogen-bond donors (Lipinski definition) is 2. The molecule has 1 saturated heterocycles. The predicted molar refractivity (Wildman–Crippen MR) is 84.2 cm³/mol. The van der Waals surface area contributed by atoms with Gasteiger partial charge in [0, 0.05) is 49.3 Å². The molecular weight excluding hydrogens is 272 g/mol. The number of hydrogen-bond acceptors (Lipinski definition) is 3. The van der Waals surface area contributed by atoms with E-state index in [0.717, 1.165) is 36.8 Å². The van der Waals surface area contributed by atoms with Gasteiger partial charge in [0.1, 0.15) is 0 Å². The van der Waals surface area contributed by atoms with Gasteiger partial charge in [-0.1, -0.05) is 37.6 Å². The highest BCUT2D eigenvalue weighted by molar-refractivity contribution is 6.31. The van der Waals surface area contributed by atoms with Crippen molar-refractivity contribution in [3.8, 4) is 0 Å². The fourth-order valence-electron chi connectivity index (χ4n) is 2.96. The van der Waals surface area contributed by atoms with Crippen LogP contribution in [0.25, 0.3) is 0 Å². The Bertz CT molecular complexity index is 456. The summed E-state index contributed by atoms with van der Waals surface area (Å²) in [5.41, 5.74) is 2.09. The quantitative estimate of drug-likeness (QED) is 0.896. The number of nitrogens with zero attached hydrogens (tertiary/aromatic N) is 1. The van der Waals surface area contributed by atoms with E-state index in [4.69, 9.17) is 11.6 Å². The molecule has 0 amide bonds. The molecule has 0 unspecified atom stereocenters. The van der Waals surface area contributed by atoms with Crippen LogP contribution in [0.15, 0.2) is 18.2 Å². The summed E-state index contributed by atoms with van der Waals surface area (Å²) < 4.78 is 0. The van der Waals surface area contributed by atoms with Gasteiger partial charge in [-0.05, 0) is 24.1 Å². The lowest BCUT2D eigenvalue weighted by Crippen LogP contribution is -2.49. The maximum Gasteiger partial charge on any atom is 0.0500 e. The van der Waals surface area contributed by atoms with E-state index in [1.807, 2.05) is 6.92 Å². The molecule has 1 heterocycles. The first-order valence-electron chi connectivity index (χ1n) is 7.27. The van der Waals surface area contributed by atoms with Crippen molar-refractivity contribution >= 4 is 11.6 Å². The SMILES string of the molecule is Cc1ccc([C@H](N2CCNCC2)C(C)(C)CO)cc1Cl. The molecule has 1 aliphatic heterocycles. The molecule has 0 radical (unpaired) electrons. The maximum absolute atomic E-state index is 9.81. The summed E-state index contributed by atoms with van der Waals surface area (Å²) in [7, 11) is 0. The van der Waals surface area contributed by atoms with Crippen LogP contribution < -0.4 is 5.32 Å². The van der Waals surface area contributed by atoms with Crippen LogP contribution in [0, 0.1) is 12.3 Å². The number of nitrogens with one attached hydrogen (secondary N) is 1. The van der Waals surface area contributed by atoms with Crippen molar-refractivity contribution < 1.29 is 5.11 Å². The van der Waals surface area contributed by atoms with E-state index >= 15 is 0 Å². The second-order valence-electron chi connectivity index (χ2n) is 6.34. The molecule has 1 aliphatic rings. The van der Waals surface area contributed by atoms with Crippen molar-refractivity contribution in [1.82, 2.24) is 10.2 Å². The number of halogens is 1. The molecule has 20 heavy (non-hydrogen) atoms. The summed E-state index contributed by atoms with van der Waals surface area (Å²) in [6.45, 7) is 10.4. The number of aliphatic hydroxyl groups is 1. The van der Waals surface area contributed by atoms with Crippen LogP contribution in [-0.2, 0) is 0 Å². The lowest BCUT2D eigenvalue weighted by molar-refractivity contribution is 0.0305. The molecule has 1 aromatic rings. The zero-order chi connectivity index (χ0) is 14.8. The lowest BCUT2D eigenvalue weighted by atomic mass is 9.79. The molecule has 112 valence electrons. The van der Waals surface area contributed by atoms with E-state index in [1.54, 1.807) is 0 Å². The molecule has 0 aliphatic carbocycles. The van der Waals surface area contributed by atoms with Crippen LogP contribution >= 0.6 is 11.6 Å². The first-order chi connectivity index (χ1) is 9.45. The van der Waals surface area contributed by atoms with Crippen LogP contribution in [0.2, 0.25) is 5.02 Å². The molecular formula is C16H25ClN2O. The van der Waals surface area contributed by atoms with Crippen molar-refractivity contribution in [2.75, 3.05) is 32.8 Å². The standard InChI is InChI=1S/C16H25ClN2O/c1-12-4-5-13(10-14(12)17)15(16(2,3)11-20)19-8-6-18-7-9-19/h4-5,10,15,18,20H,6-9,11H2,1-3H3/t15-/m0/s1. The molecule has 0 aromatic heterocycles. The highest BCUT2D eigenvalue weighted by Gasteiger charge is 2.35. The van der Waals surface area contributed by atoms with Crippen molar-refractivity contribution in [2.24, 2.45) is 5.41 Å². The summed E-state index contributed by atoms with van der Waals surface area (Å²) >= 11 is 6.30. The molecule has 2 N–H and O–H groups in total. The zero-order valence-electron chi connectivity index (χ0n) is 12.6. The van der Waals surface area contributed by atoms with Crippen molar-refractivity contribution in [1.29, 1.82) is 0 Å². The van der Waals surface area contributed by atoms with E-state index in [9.17, 15) is 5.11 Å². The minimum atomic E-state index is -0.198. The third-order valence-corrected chi connectivity index (χ3v) is 4.58. The van der Waals surface area contributed by atoms with Crippen LogP contribution in [-0.4, -0.2) is 42.8 Å². The van der Waals surface area contributed by atoms with Gasteiger partial charge in [0.15, 0.2) is 0 Å². The van der Waals surface area contributed by atoms with E-state index in [0.29, 0.717) is 0 Å². The van der Waals surface area contributed by atoms with Crippen LogP contribution in [0.3, 0.4) is 0 Å². The van der Waals surface area contributed by atoms with Gasteiger partial charge in [0.05, 0.1) is 0 Å². The molecule has 4 heteroatoms. The van der Waals surface area contributed by atoms with Crippen LogP contribution in [0.1, 0.15) is 31.0 Å². The Labute approximate surface area is 126 Å². The predicted octanol–water partition coefficient (Wildman–Crippen LogP) is 2.61. The largest absolute Gasteiger partial charge is 0.396 e. The summed E-state index contributed by atoms with van der Waals surface area (Å²) in [4.78, 5) is 2.45. The normalized spacial score (nSPS) is 19.1. The lowest BCUT2D eigenvalue weighted by Gasteiger charge is -2.43. The second kappa shape index (κ2) is 6.44. The Morgan fingerprint density at radius 3 is 2.55 bits per heavy atom. The molecule has 3 nitrogen and oxygen atoms in total. The van der Waals surface area contributed by atoms with E-state index < -0.39 is 0 Å². The van der Waals surface area contributed by atoms with Gasteiger partial charge in [0.2, 0.25) is 0 Å². The van der Waals surface area contributed by atoms with Gasteiger partial charge in [-0.3, -0.25) is 4.90 Å². The first-order valence-corrected chi connectivity index (χ1v) is 7.65. The molecule has 1 aromatic carbocycles. The van der Waals surface area contributed by atoms with E-state index in [-0.39, 0.29) is 18.1 Å². The fourth-order valence-corrected chi connectivity index (χ4v) is 3.15.